The first-order valence-electron chi connectivity index (χ1n) is 6.17. The van der Waals surface area contributed by atoms with Crippen molar-refractivity contribution in [3.8, 4) is 5.75 Å². The van der Waals surface area contributed by atoms with E-state index in [1.807, 2.05) is 12.1 Å². The molecule has 0 amide bonds. The minimum Gasteiger partial charge on any atom is -0.497 e. The van der Waals surface area contributed by atoms with Crippen LogP contribution in [-0.4, -0.2) is 26.4 Å². The number of rotatable bonds is 8. The average Bonchev–Trinajstić information content (AvgIpc) is 2.33. The van der Waals surface area contributed by atoms with Gasteiger partial charge in [-0.2, -0.15) is 0 Å². The summed E-state index contributed by atoms with van der Waals surface area (Å²) in [5.41, 5.74) is 1.24. The summed E-state index contributed by atoms with van der Waals surface area (Å²) in [6, 6.07) is 8.12. The van der Waals surface area contributed by atoms with Crippen LogP contribution in [-0.2, 0) is 11.3 Å². The van der Waals surface area contributed by atoms with Gasteiger partial charge >= 0.3 is 0 Å². The van der Waals surface area contributed by atoms with Crippen LogP contribution in [0.1, 0.15) is 25.8 Å². The maximum absolute atomic E-state index is 5.47. The van der Waals surface area contributed by atoms with Gasteiger partial charge in [-0.3, -0.25) is 0 Å². The molecule has 0 spiro atoms. The summed E-state index contributed by atoms with van der Waals surface area (Å²) in [7, 11) is 1.69. The molecular weight excluding hydrogens is 250 g/mol. The van der Waals surface area contributed by atoms with E-state index >= 15 is 0 Å². The van der Waals surface area contributed by atoms with E-state index in [9.17, 15) is 0 Å². The van der Waals surface area contributed by atoms with Crippen molar-refractivity contribution in [3.63, 3.8) is 0 Å². The second-order valence-electron chi connectivity index (χ2n) is 4.30. The van der Waals surface area contributed by atoms with Gasteiger partial charge in [-0.15, -0.1) is 12.4 Å². The number of methoxy groups -OCH3 is 1. The quantitative estimate of drug-likeness (QED) is 0.739. The van der Waals surface area contributed by atoms with E-state index in [2.05, 4.69) is 31.3 Å². The van der Waals surface area contributed by atoms with E-state index in [0.29, 0.717) is 6.10 Å². The molecule has 0 aromatic heterocycles. The first-order chi connectivity index (χ1) is 8.22. The van der Waals surface area contributed by atoms with E-state index in [0.717, 1.165) is 31.9 Å². The van der Waals surface area contributed by atoms with Crippen molar-refractivity contribution in [2.45, 2.75) is 32.9 Å². The predicted octanol–water partition coefficient (Wildman–Crippen LogP) is 3.02. The number of hydrogen-bond acceptors (Lipinski definition) is 3. The van der Waals surface area contributed by atoms with Crippen LogP contribution in [0, 0.1) is 0 Å². The van der Waals surface area contributed by atoms with Gasteiger partial charge in [-0.25, -0.2) is 0 Å². The summed E-state index contributed by atoms with van der Waals surface area (Å²) >= 11 is 0. The molecule has 1 N–H and O–H groups in total. The molecule has 0 aliphatic carbocycles. The topological polar surface area (TPSA) is 30.5 Å². The van der Waals surface area contributed by atoms with Crippen LogP contribution in [0.25, 0.3) is 0 Å². The third kappa shape index (κ3) is 7.54. The summed E-state index contributed by atoms with van der Waals surface area (Å²) in [4.78, 5) is 0. The highest BCUT2D eigenvalue weighted by molar-refractivity contribution is 5.85. The Morgan fingerprint density at radius 1 is 1.28 bits per heavy atom. The van der Waals surface area contributed by atoms with E-state index in [1.165, 1.54) is 5.56 Å². The fourth-order valence-corrected chi connectivity index (χ4v) is 1.53. The number of ether oxygens (including phenoxy) is 2. The number of halogens is 1. The highest BCUT2D eigenvalue weighted by atomic mass is 35.5. The Morgan fingerprint density at radius 3 is 2.72 bits per heavy atom. The van der Waals surface area contributed by atoms with Crippen LogP contribution < -0.4 is 10.1 Å². The van der Waals surface area contributed by atoms with Gasteiger partial charge in [0.15, 0.2) is 0 Å². The summed E-state index contributed by atoms with van der Waals surface area (Å²) in [5, 5.41) is 3.39. The highest BCUT2D eigenvalue weighted by Crippen LogP contribution is 2.11. The van der Waals surface area contributed by atoms with Crippen LogP contribution >= 0.6 is 12.4 Å². The van der Waals surface area contributed by atoms with E-state index < -0.39 is 0 Å². The van der Waals surface area contributed by atoms with Gasteiger partial charge < -0.3 is 14.8 Å². The van der Waals surface area contributed by atoms with Crippen molar-refractivity contribution in [2.75, 3.05) is 20.3 Å². The van der Waals surface area contributed by atoms with Gasteiger partial charge in [-0.1, -0.05) is 12.1 Å². The molecule has 3 nitrogen and oxygen atoms in total. The third-order valence-electron chi connectivity index (χ3n) is 2.41. The maximum atomic E-state index is 5.47. The Hall–Kier alpha value is -0.770. The van der Waals surface area contributed by atoms with Crippen molar-refractivity contribution < 1.29 is 9.47 Å². The molecule has 1 rings (SSSR count). The molecule has 1 aromatic rings. The summed E-state index contributed by atoms with van der Waals surface area (Å²) in [5.74, 6) is 0.910. The SMILES string of the molecule is COc1cccc(CNCCCOC(C)C)c1.Cl. The van der Waals surface area contributed by atoms with Gasteiger partial charge in [0.05, 0.1) is 13.2 Å². The van der Waals surface area contributed by atoms with Gasteiger partial charge in [0.1, 0.15) is 5.75 Å². The Balaban J connectivity index is 0.00000289. The molecule has 4 heteroatoms. The Morgan fingerprint density at radius 2 is 2.06 bits per heavy atom. The smallest absolute Gasteiger partial charge is 0.119 e. The number of hydrogen-bond donors (Lipinski definition) is 1. The first kappa shape index (κ1) is 17.2. The molecule has 0 atom stereocenters. The lowest BCUT2D eigenvalue weighted by Gasteiger charge is -2.08. The molecule has 0 saturated heterocycles. The molecule has 0 saturated carbocycles. The fourth-order valence-electron chi connectivity index (χ4n) is 1.53. The molecule has 0 aliphatic heterocycles. The van der Waals surface area contributed by atoms with Gasteiger partial charge in [0, 0.05) is 13.2 Å². The molecule has 1 aromatic carbocycles. The zero-order valence-electron chi connectivity index (χ0n) is 11.4. The Labute approximate surface area is 116 Å². The second kappa shape index (κ2) is 10.2. The number of benzene rings is 1. The molecule has 0 heterocycles. The third-order valence-corrected chi connectivity index (χ3v) is 2.41. The lowest BCUT2D eigenvalue weighted by atomic mass is 10.2. The standard InChI is InChI=1S/C14H23NO2.ClH/c1-12(2)17-9-5-8-15-11-13-6-4-7-14(10-13)16-3;/h4,6-7,10,12,15H,5,8-9,11H2,1-3H3;1H. The second-order valence-corrected chi connectivity index (χ2v) is 4.30. The van der Waals surface area contributed by atoms with Crippen molar-refractivity contribution >= 4 is 12.4 Å². The van der Waals surface area contributed by atoms with Crippen LogP contribution in [0.3, 0.4) is 0 Å². The van der Waals surface area contributed by atoms with Crippen molar-refractivity contribution in [3.05, 3.63) is 29.8 Å². The molecule has 0 radical (unpaired) electrons. The predicted molar refractivity (Wildman–Crippen MR) is 77.7 cm³/mol. The minimum absolute atomic E-state index is 0. The minimum atomic E-state index is 0. The van der Waals surface area contributed by atoms with Gasteiger partial charge in [-0.05, 0) is 44.5 Å². The zero-order chi connectivity index (χ0) is 12.5. The monoisotopic (exact) mass is 273 g/mol. The van der Waals surface area contributed by atoms with Gasteiger partial charge in [0.2, 0.25) is 0 Å². The molecule has 18 heavy (non-hydrogen) atoms. The largest absolute Gasteiger partial charge is 0.497 e. The molecule has 104 valence electrons. The van der Waals surface area contributed by atoms with Crippen molar-refractivity contribution in [1.82, 2.24) is 5.32 Å². The van der Waals surface area contributed by atoms with E-state index in [-0.39, 0.29) is 12.4 Å². The average molecular weight is 274 g/mol. The number of nitrogens with one attached hydrogen (secondary N) is 1. The lowest BCUT2D eigenvalue weighted by molar-refractivity contribution is 0.0770. The lowest BCUT2D eigenvalue weighted by Crippen LogP contribution is -2.17. The maximum Gasteiger partial charge on any atom is 0.119 e. The summed E-state index contributed by atoms with van der Waals surface area (Å²) in [6.45, 7) is 6.79. The highest BCUT2D eigenvalue weighted by Gasteiger charge is 1.96. The van der Waals surface area contributed by atoms with Crippen LogP contribution in [0.5, 0.6) is 5.75 Å². The zero-order valence-corrected chi connectivity index (χ0v) is 12.3. The molecule has 0 unspecified atom stereocenters. The van der Waals surface area contributed by atoms with Crippen LogP contribution in [0.15, 0.2) is 24.3 Å². The molecule has 0 fully saturated rings. The van der Waals surface area contributed by atoms with Gasteiger partial charge in [0.25, 0.3) is 0 Å². The normalized spacial score (nSPS) is 10.2. The molecule has 0 bridgehead atoms. The van der Waals surface area contributed by atoms with E-state index in [4.69, 9.17) is 9.47 Å². The summed E-state index contributed by atoms with van der Waals surface area (Å²) < 4.78 is 10.6. The fraction of sp³-hybridized carbons (Fsp3) is 0.571. The van der Waals surface area contributed by atoms with Crippen LogP contribution in [0.4, 0.5) is 0 Å². The summed E-state index contributed by atoms with van der Waals surface area (Å²) in [6.07, 6.45) is 1.37. The first-order valence-corrected chi connectivity index (χ1v) is 6.17. The Bertz CT molecular complexity index is 318. The molecular formula is C14H24ClNO2. The molecule has 0 aliphatic rings. The van der Waals surface area contributed by atoms with E-state index in [1.54, 1.807) is 7.11 Å². The van der Waals surface area contributed by atoms with Crippen LogP contribution in [0.2, 0.25) is 0 Å². The Kier molecular flexibility index (Phi) is 9.74. The van der Waals surface area contributed by atoms with Crippen molar-refractivity contribution in [1.29, 1.82) is 0 Å². The van der Waals surface area contributed by atoms with Crippen molar-refractivity contribution in [2.24, 2.45) is 0 Å².